The van der Waals surface area contributed by atoms with E-state index in [9.17, 15) is 9.59 Å². The highest BCUT2D eigenvalue weighted by Crippen LogP contribution is 2.25. The van der Waals surface area contributed by atoms with Gasteiger partial charge < -0.3 is 24.4 Å². The van der Waals surface area contributed by atoms with E-state index in [4.69, 9.17) is 0 Å². The molecule has 0 radical (unpaired) electrons. The van der Waals surface area contributed by atoms with E-state index >= 15 is 0 Å². The minimum Gasteiger partial charge on any atom is -0.360 e. The summed E-state index contributed by atoms with van der Waals surface area (Å²) < 4.78 is 0. The topological polar surface area (TPSA) is 68.7 Å². The number of carbonyl (C=O) groups is 2. The Bertz CT molecular complexity index is 980. The van der Waals surface area contributed by atoms with Gasteiger partial charge in [0.1, 0.15) is 6.29 Å². The summed E-state index contributed by atoms with van der Waals surface area (Å²) in [4.78, 5) is 30.3. The van der Waals surface area contributed by atoms with Crippen molar-refractivity contribution in [3.63, 3.8) is 0 Å². The average molecular weight is 436 g/mol. The number of oxime groups is 1. The molecule has 0 unspecified atom stereocenters. The maximum absolute atomic E-state index is 11.4. The number of benzene rings is 2. The van der Waals surface area contributed by atoms with E-state index in [2.05, 4.69) is 50.9 Å². The molecule has 0 fully saturated rings. The Balaban J connectivity index is 1.76. The first kappa shape index (κ1) is 23.0. The molecule has 0 saturated heterocycles. The van der Waals surface area contributed by atoms with Crippen LogP contribution >= 0.6 is 0 Å². The van der Waals surface area contributed by atoms with E-state index < -0.39 is 0 Å². The van der Waals surface area contributed by atoms with Crippen LogP contribution in [0.5, 0.6) is 0 Å². The van der Waals surface area contributed by atoms with Crippen LogP contribution in [0.25, 0.3) is 0 Å². The first-order valence-corrected chi connectivity index (χ1v) is 10.3. The summed E-state index contributed by atoms with van der Waals surface area (Å²) in [5.41, 5.74) is 5.11. The number of fused-ring (bicyclic) bond motifs is 1. The lowest BCUT2D eigenvalue weighted by atomic mass is 10.1. The lowest BCUT2D eigenvalue weighted by molar-refractivity contribution is -0.128. The van der Waals surface area contributed by atoms with Crippen molar-refractivity contribution in [3.05, 3.63) is 77.5 Å². The van der Waals surface area contributed by atoms with Crippen LogP contribution in [0.2, 0.25) is 0 Å². The van der Waals surface area contributed by atoms with Crippen LogP contribution in [-0.2, 0) is 27.5 Å². The van der Waals surface area contributed by atoms with Crippen LogP contribution in [0.3, 0.4) is 0 Å². The fourth-order valence-electron chi connectivity index (χ4n) is 3.71. The number of rotatable bonds is 10. The van der Waals surface area contributed by atoms with Crippen molar-refractivity contribution in [2.45, 2.75) is 13.1 Å². The molecule has 8 nitrogen and oxygen atoms in total. The summed E-state index contributed by atoms with van der Waals surface area (Å²) in [7, 11) is 5.62. The predicted molar refractivity (Wildman–Crippen MR) is 125 cm³/mol. The van der Waals surface area contributed by atoms with Crippen LogP contribution in [0.15, 0.2) is 66.0 Å². The van der Waals surface area contributed by atoms with E-state index in [0.717, 1.165) is 36.3 Å². The lowest BCUT2D eigenvalue weighted by Crippen LogP contribution is -2.39. The monoisotopic (exact) mass is 435 g/mol. The maximum atomic E-state index is 11.4. The smallest absolute Gasteiger partial charge is 0.323 e. The van der Waals surface area contributed by atoms with Gasteiger partial charge >= 0.3 is 6.47 Å². The third-order valence-corrected chi connectivity index (χ3v) is 5.45. The van der Waals surface area contributed by atoms with Crippen molar-refractivity contribution in [1.29, 1.82) is 0 Å². The number of hydrogen-bond donors (Lipinski definition) is 0. The standard InChI is InChI=1S/C24H29N5O3/c1-19(27(4)29-16-21-8-5-6-9-22(21)17-29)15-28(12-13-30)23-11-7-10-20(14-23)24(26(2)3)25-32-18-31/h5-11,13-14,18H,1,12,15-17H2,2-4H3/b25-24-. The van der Waals surface area contributed by atoms with E-state index in [-0.39, 0.29) is 13.0 Å². The van der Waals surface area contributed by atoms with E-state index in [1.165, 1.54) is 11.1 Å². The van der Waals surface area contributed by atoms with Gasteiger partial charge in [-0.15, -0.1) is 0 Å². The van der Waals surface area contributed by atoms with Gasteiger partial charge in [-0.3, -0.25) is 4.79 Å². The molecular weight excluding hydrogens is 406 g/mol. The number of hydrazine groups is 1. The van der Waals surface area contributed by atoms with Gasteiger partial charge in [-0.1, -0.05) is 48.1 Å². The summed E-state index contributed by atoms with van der Waals surface area (Å²) in [6, 6.07) is 16.0. The third-order valence-electron chi connectivity index (χ3n) is 5.45. The molecule has 1 heterocycles. The highest BCUT2D eigenvalue weighted by molar-refractivity contribution is 5.99. The second-order valence-corrected chi connectivity index (χ2v) is 7.79. The molecule has 168 valence electrons. The number of hydrogen-bond acceptors (Lipinski definition) is 7. The summed E-state index contributed by atoms with van der Waals surface area (Å²) in [6.45, 7) is 6.90. The minimum atomic E-state index is 0.218. The molecule has 0 spiro atoms. The van der Waals surface area contributed by atoms with Gasteiger partial charge in [0.2, 0.25) is 0 Å². The highest BCUT2D eigenvalue weighted by atomic mass is 16.7. The normalized spacial score (nSPS) is 13.3. The van der Waals surface area contributed by atoms with Crippen LogP contribution in [0, 0.1) is 0 Å². The molecule has 0 saturated carbocycles. The molecule has 3 rings (SSSR count). The Morgan fingerprint density at radius 3 is 2.38 bits per heavy atom. The van der Waals surface area contributed by atoms with Gasteiger partial charge in [0.15, 0.2) is 5.84 Å². The molecule has 8 heteroatoms. The lowest BCUT2D eigenvalue weighted by Gasteiger charge is -2.34. The summed E-state index contributed by atoms with van der Waals surface area (Å²) in [6.07, 6.45) is 0.877. The molecule has 0 aliphatic carbocycles. The van der Waals surface area contributed by atoms with Crippen molar-refractivity contribution >= 4 is 24.3 Å². The molecule has 0 aromatic heterocycles. The summed E-state index contributed by atoms with van der Waals surface area (Å²) in [5.74, 6) is 0.496. The van der Waals surface area contributed by atoms with Gasteiger partial charge in [-0.05, 0) is 23.3 Å². The molecule has 2 aromatic rings. The van der Waals surface area contributed by atoms with E-state index in [0.29, 0.717) is 12.4 Å². The molecular formula is C24H29N5O3. The van der Waals surface area contributed by atoms with Gasteiger partial charge in [-0.2, -0.15) is 0 Å². The molecule has 1 aliphatic heterocycles. The number of aldehydes is 1. The van der Waals surface area contributed by atoms with Crippen molar-refractivity contribution in [2.75, 3.05) is 39.1 Å². The van der Waals surface area contributed by atoms with E-state index in [1.54, 1.807) is 4.90 Å². The van der Waals surface area contributed by atoms with Crippen LogP contribution in [-0.4, -0.2) is 67.7 Å². The van der Waals surface area contributed by atoms with Crippen molar-refractivity contribution in [1.82, 2.24) is 14.9 Å². The molecule has 2 aromatic carbocycles. The molecule has 0 bridgehead atoms. The third kappa shape index (κ3) is 5.33. The number of nitrogens with zero attached hydrogens (tertiary/aromatic N) is 5. The first-order valence-electron chi connectivity index (χ1n) is 10.3. The zero-order valence-electron chi connectivity index (χ0n) is 18.8. The average Bonchev–Trinajstić information content (AvgIpc) is 3.23. The fraction of sp³-hybridized carbons (Fsp3) is 0.292. The maximum Gasteiger partial charge on any atom is 0.323 e. The van der Waals surface area contributed by atoms with Crippen LogP contribution < -0.4 is 4.90 Å². The van der Waals surface area contributed by atoms with Crippen LogP contribution in [0.4, 0.5) is 5.69 Å². The number of amidine groups is 1. The Kier molecular flexibility index (Phi) is 7.62. The van der Waals surface area contributed by atoms with Gasteiger partial charge in [0.05, 0.1) is 13.1 Å². The Hall–Kier alpha value is -3.65. The van der Waals surface area contributed by atoms with Crippen molar-refractivity contribution in [2.24, 2.45) is 5.16 Å². The molecule has 0 amide bonds. The quantitative estimate of drug-likeness (QED) is 0.187. The van der Waals surface area contributed by atoms with Crippen molar-refractivity contribution in [3.8, 4) is 0 Å². The highest BCUT2D eigenvalue weighted by Gasteiger charge is 2.23. The van der Waals surface area contributed by atoms with Gasteiger partial charge in [0, 0.05) is 51.2 Å². The summed E-state index contributed by atoms with van der Waals surface area (Å²) in [5, 5.41) is 8.17. The minimum absolute atomic E-state index is 0.218. The molecule has 0 atom stereocenters. The Morgan fingerprint density at radius 1 is 1.09 bits per heavy atom. The Morgan fingerprint density at radius 2 is 1.78 bits per heavy atom. The van der Waals surface area contributed by atoms with E-state index in [1.807, 2.05) is 50.3 Å². The molecule has 0 N–H and O–H groups in total. The first-order chi connectivity index (χ1) is 15.4. The predicted octanol–water partition coefficient (Wildman–Crippen LogP) is 2.46. The molecule has 1 aliphatic rings. The largest absolute Gasteiger partial charge is 0.360 e. The zero-order chi connectivity index (χ0) is 23.1. The molecule has 32 heavy (non-hydrogen) atoms. The summed E-state index contributed by atoms with van der Waals surface area (Å²) >= 11 is 0. The second kappa shape index (κ2) is 10.6. The van der Waals surface area contributed by atoms with Gasteiger partial charge in [0.25, 0.3) is 0 Å². The van der Waals surface area contributed by atoms with Crippen molar-refractivity contribution < 1.29 is 14.4 Å². The second-order valence-electron chi connectivity index (χ2n) is 7.79. The number of anilines is 1. The zero-order valence-corrected chi connectivity index (χ0v) is 18.8. The number of carbonyl (C=O) groups excluding carboxylic acids is 2. The SMILES string of the molecule is C=C(CN(CC=O)c1cccc(/C(=N/OC=O)N(C)C)c1)N(C)N1Cc2ccccc2C1. The number of likely N-dealkylation sites (N-methyl/N-ethyl adjacent to an activating group) is 1. The van der Waals surface area contributed by atoms with Gasteiger partial charge in [-0.25, -0.2) is 5.01 Å². The fourth-order valence-corrected chi connectivity index (χ4v) is 3.71. The Labute approximate surface area is 188 Å². The van der Waals surface area contributed by atoms with Crippen LogP contribution in [0.1, 0.15) is 16.7 Å².